The fourth-order valence-corrected chi connectivity index (χ4v) is 3.00. The van der Waals surface area contributed by atoms with Crippen LogP contribution in [0.15, 0.2) is 23.1 Å². The molecular formula is C13H18Cl2O3S. The van der Waals surface area contributed by atoms with Crippen LogP contribution in [0.25, 0.3) is 0 Å². The quantitative estimate of drug-likeness (QED) is 0.680. The molecule has 0 amide bonds. The summed E-state index contributed by atoms with van der Waals surface area (Å²) in [5.41, 5.74) is 0. The fourth-order valence-electron chi connectivity index (χ4n) is 1.53. The summed E-state index contributed by atoms with van der Waals surface area (Å²) in [5.74, 6) is 0.461. The van der Waals surface area contributed by atoms with Crippen molar-refractivity contribution in [2.45, 2.75) is 31.5 Å². The second-order valence-corrected chi connectivity index (χ2v) is 6.14. The van der Waals surface area contributed by atoms with E-state index in [1.165, 1.54) is 0 Å². The monoisotopic (exact) mass is 324 g/mol. The van der Waals surface area contributed by atoms with E-state index >= 15 is 0 Å². The maximum atomic E-state index is 12.1. The predicted molar refractivity (Wildman–Crippen MR) is 79.4 cm³/mol. The number of hydrogen-bond donors (Lipinski definition) is 0. The normalized spacial score (nSPS) is 12.9. The topological polar surface area (TPSA) is 35.5 Å². The van der Waals surface area contributed by atoms with Gasteiger partial charge in [0, 0.05) is 30.3 Å². The molecule has 0 fully saturated rings. The molecule has 0 aliphatic carbocycles. The predicted octanol–water partition coefficient (Wildman–Crippen LogP) is 3.89. The molecule has 19 heavy (non-hydrogen) atoms. The van der Waals surface area contributed by atoms with Crippen molar-refractivity contribution in [2.75, 3.05) is 19.0 Å². The van der Waals surface area contributed by atoms with Crippen LogP contribution in [-0.2, 0) is 20.3 Å². The minimum absolute atomic E-state index is 0.304. The van der Waals surface area contributed by atoms with E-state index in [0.717, 1.165) is 0 Å². The SMILES string of the molecule is CCOC(CCS(=O)c1ccc(Cl)c(Cl)c1)OCC. The molecule has 0 saturated heterocycles. The number of benzene rings is 1. The van der Waals surface area contributed by atoms with Crippen LogP contribution in [0.1, 0.15) is 20.3 Å². The third kappa shape index (κ3) is 5.79. The minimum atomic E-state index is -1.13. The first-order chi connectivity index (χ1) is 9.08. The van der Waals surface area contributed by atoms with Gasteiger partial charge in [0.15, 0.2) is 6.29 Å². The van der Waals surface area contributed by atoms with Crippen LogP contribution < -0.4 is 0 Å². The largest absolute Gasteiger partial charge is 0.353 e. The molecular weight excluding hydrogens is 307 g/mol. The number of halogens is 2. The zero-order chi connectivity index (χ0) is 14.3. The zero-order valence-corrected chi connectivity index (χ0v) is 13.4. The molecule has 0 N–H and O–H groups in total. The van der Waals surface area contributed by atoms with E-state index in [9.17, 15) is 4.21 Å². The fraction of sp³-hybridized carbons (Fsp3) is 0.538. The molecule has 0 spiro atoms. The first-order valence-electron chi connectivity index (χ1n) is 6.15. The van der Waals surface area contributed by atoms with Gasteiger partial charge in [-0.1, -0.05) is 23.2 Å². The van der Waals surface area contributed by atoms with E-state index in [4.69, 9.17) is 32.7 Å². The minimum Gasteiger partial charge on any atom is -0.353 e. The summed E-state index contributed by atoms with van der Waals surface area (Å²) in [4.78, 5) is 0.668. The lowest BCUT2D eigenvalue weighted by Gasteiger charge is -2.16. The summed E-state index contributed by atoms with van der Waals surface area (Å²) in [6.45, 7) is 4.96. The van der Waals surface area contributed by atoms with Crippen LogP contribution in [0.5, 0.6) is 0 Å². The molecule has 0 radical (unpaired) electrons. The van der Waals surface area contributed by atoms with E-state index in [1.54, 1.807) is 18.2 Å². The molecule has 1 unspecified atom stereocenters. The standard InChI is InChI=1S/C13H18Cl2O3S/c1-3-17-13(18-4-2)7-8-19(16)10-5-6-11(14)12(15)9-10/h5-6,9,13H,3-4,7-8H2,1-2H3. The lowest BCUT2D eigenvalue weighted by Crippen LogP contribution is -2.20. The van der Waals surface area contributed by atoms with Gasteiger partial charge in [-0.3, -0.25) is 4.21 Å². The van der Waals surface area contributed by atoms with Crippen molar-refractivity contribution < 1.29 is 13.7 Å². The molecule has 1 rings (SSSR count). The van der Waals surface area contributed by atoms with E-state index in [1.807, 2.05) is 13.8 Å². The number of ether oxygens (including phenoxy) is 2. The van der Waals surface area contributed by atoms with E-state index < -0.39 is 10.8 Å². The van der Waals surface area contributed by atoms with Crippen molar-refractivity contribution >= 4 is 34.0 Å². The van der Waals surface area contributed by atoms with Crippen molar-refractivity contribution in [1.29, 1.82) is 0 Å². The van der Waals surface area contributed by atoms with Crippen LogP contribution in [0, 0.1) is 0 Å². The molecule has 0 aliphatic heterocycles. The molecule has 0 bridgehead atoms. The van der Waals surface area contributed by atoms with Crippen LogP contribution in [0.4, 0.5) is 0 Å². The van der Waals surface area contributed by atoms with Crippen LogP contribution >= 0.6 is 23.2 Å². The highest BCUT2D eigenvalue weighted by atomic mass is 35.5. The van der Waals surface area contributed by atoms with Gasteiger partial charge in [0.05, 0.1) is 20.8 Å². The summed E-state index contributed by atoms with van der Waals surface area (Å²) in [6, 6.07) is 5.01. The first kappa shape index (κ1) is 16.9. The van der Waals surface area contributed by atoms with Gasteiger partial charge in [0.1, 0.15) is 0 Å². The molecule has 1 atom stereocenters. The summed E-state index contributed by atoms with van der Waals surface area (Å²) in [6.07, 6.45) is 0.274. The van der Waals surface area contributed by atoms with Crippen molar-refractivity contribution in [3.05, 3.63) is 28.2 Å². The van der Waals surface area contributed by atoms with E-state index in [-0.39, 0.29) is 6.29 Å². The number of hydrogen-bond acceptors (Lipinski definition) is 3. The average Bonchev–Trinajstić information content (AvgIpc) is 2.39. The van der Waals surface area contributed by atoms with Gasteiger partial charge in [-0.05, 0) is 32.0 Å². The first-order valence-corrected chi connectivity index (χ1v) is 8.22. The lowest BCUT2D eigenvalue weighted by molar-refractivity contribution is -0.136. The molecule has 0 saturated carbocycles. The summed E-state index contributed by atoms with van der Waals surface area (Å²) < 4.78 is 22.9. The zero-order valence-electron chi connectivity index (χ0n) is 11.0. The van der Waals surface area contributed by atoms with Gasteiger partial charge < -0.3 is 9.47 Å². The highest BCUT2D eigenvalue weighted by molar-refractivity contribution is 7.85. The Balaban J connectivity index is 2.56. The smallest absolute Gasteiger partial charge is 0.158 e. The second kappa shape index (κ2) is 8.93. The van der Waals surface area contributed by atoms with Crippen molar-refractivity contribution in [3.8, 4) is 0 Å². The summed E-state index contributed by atoms with van der Waals surface area (Å²) in [5, 5.41) is 0.877. The molecule has 6 heteroatoms. The maximum absolute atomic E-state index is 12.1. The molecule has 1 aromatic rings. The highest BCUT2D eigenvalue weighted by Crippen LogP contribution is 2.24. The molecule has 0 aliphatic rings. The van der Waals surface area contributed by atoms with Crippen molar-refractivity contribution in [3.63, 3.8) is 0 Å². The average molecular weight is 325 g/mol. The van der Waals surface area contributed by atoms with Crippen LogP contribution in [0.3, 0.4) is 0 Å². The Kier molecular flexibility index (Phi) is 7.95. The van der Waals surface area contributed by atoms with E-state index in [0.29, 0.717) is 40.3 Å². The molecule has 1 aromatic carbocycles. The van der Waals surface area contributed by atoms with Crippen molar-refractivity contribution in [2.24, 2.45) is 0 Å². The number of rotatable bonds is 8. The van der Waals surface area contributed by atoms with E-state index in [2.05, 4.69) is 0 Å². The molecule has 108 valence electrons. The Hall–Kier alpha value is -0.130. The van der Waals surface area contributed by atoms with Gasteiger partial charge >= 0.3 is 0 Å². The third-order valence-electron chi connectivity index (χ3n) is 2.40. The van der Waals surface area contributed by atoms with Crippen molar-refractivity contribution in [1.82, 2.24) is 0 Å². The Morgan fingerprint density at radius 3 is 2.32 bits per heavy atom. The van der Waals surface area contributed by atoms with Gasteiger partial charge in [-0.15, -0.1) is 0 Å². The molecule has 3 nitrogen and oxygen atoms in total. The Labute approximate surface area is 126 Å². The molecule has 0 aromatic heterocycles. The summed E-state index contributed by atoms with van der Waals surface area (Å²) in [7, 11) is -1.13. The highest BCUT2D eigenvalue weighted by Gasteiger charge is 2.12. The van der Waals surface area contributed by atoms with Gasteiger partial charge in [0.2, 0.25) is 0 Å². The van der Waals surface area contributed by atoms with Gasteiger partial charge in [0.25, 0.3) is 0 Å². The summed E-state index contributed by atoms with van der Waals surface area (Å²) >= 11 is 11.7. The molecule has 0 heterocycles. The Bertz CT molecular complexity index is 420. The Morgan fingerprint density at radius 1 is 1.16 bits per heavy atom. The lowest BCUT2D eigenvalue weighted by atomic mass is 10.4. The van der Waals surface area contributed by atoms with Crippen LogP contribution in [-0.4, -0.2) is 29.5 Å². The maximum Gasteiger partial charge on any atom is 0.158 e. The van der Waals surface area contributed by atoms with Gasteiger partial charge in [-0.25, -0.2) is 0 Å². The van der Waals surface area contributed by atoms with Crippen LogP contribution in [0.2, 0.25) is 10.0 Å². The second-order valence-electron chi connectivity index (χ2n) is 3.75. The third-order valence-corrected chi connectivity index (χ3v) is 4.52. The van der Waals surface area contributed by atoms with Gasteiger partial charge in [-0.2, -0.15) is 0 Å². The Morgan fingerprint density at radius 2 is 1.79 bits per heavy atom.